The molecule has 1 amide bonds. The Hall–Kier alpha value is -2.26. The van der Waals surface area contributed by atoms with E-state index < -0.39 is 29.7 Å². The topological polar surface area (TPSA) is 66.5 Å². The molecule has 2 heterocycles. The third-order valence-electron chi connectivity index (χ3n) is 6.26. The molecule has 1 saturated heterocycles. The average molecular weight is 475 g/mol. The van der Waals surface area contributed by atoms with Crippen molar-refractivity contribution in [2.24, 2.45) is 11.8 Å². The van der Waals surface area contributed by atoms with Crippen molar-refractivity contribution in [1.29, 1.82) is 0 Å². The summed E-state index contributed by atoms with van der Waals surface area (Å²) in [5, 5.41) is 6.02. The standard InChI is InChI=1S/C23H34F4N4O2/c1-22(2,3)33-21(32)29-17-6-4-15(5-7-17)14-28-18-8-9-19(30-20(18)24)31-12-10-16(11-13-31)23(25,26)27/h8-9,15-17,28H,4-7,10-14H2,1-3H3,(H,29,32). The van der Waals surface area contributed by atoms with Gasteiger partial charge in [-0.15, -0.1) is 0 Å². The maximum Gasteiger partial charge on any atom is 0.407 e. The monoisotopic (exact) mass is 474 g/mol. The first-order chi connectivity index (χ1) is 15.4. The highest BCUT2D eigenvalue weighted by atomic mass is 19.4. The second kappa shape index (κ2) is 10.3. The average Bonchev–Trinajstić information content (AvgIpc) is 2.72. The highest BCUT2D eigenvalue weighted by Gasteiger charge is 2.41. The highest BCUT2D eigenvalue weighted by molar-refractivity contribution is 5.68. The Morgan fingerprint density at radius 2 is 1.73 bits per heavy atom. The summed E-state index contributed by atoms with van der Waals surface area (Å²) in [4.78, 5) is 17.6. The van der Waals surface area contributed by atoms with Gasteiger partial charge in [-0.2, -0.15) is 17.6 Å². The molecule has 33 heavy (non-hydrogen) atoms. The predicted octanol–water partition coefficient (Wildman–Crippen LogP) is 5.49. The van der Waals surface area contributed by atoms with E-state index in [0.29, 0.717) is 18.3 Å². The number of carbonyl (C=O) groups is 1. The fourth-order valence-electron chi connectivity index (χ4n) is 4.41. The summed E-state index contributed by atoms with van der Waals surface area (Å²) < 4.78 is 58.3. The minimum Gasteiger partial charge on any atom is -0.444 e. The molecule has 0 aromatic carbocycles. The van der Waals surface area contributed by atoms with Crippen molar-refractivity contribution in [2.75, 3.05) is 29.9 Å². The van der Waals surface area contributed by atoms with Gasteiger partial charge in [0.15, 0.2) is 0 Å². The van der Waals surface area contributed by atoms with Crippen LogP contribution < -0.4 is 15.5 Å². The number of nitrogens with zero attached hydrogens (tertiary/aromatic N) is 2. The molecule has 186 valence electrons. The number of alkyl carbamates (subject to hydrolysis) is 1. The van der Waals surface area contributed by atoms with Gasteiger partial charge in [-0.3, -0.25) is 0 Å². The van der Waals surface area contributed by atoms with Gasteiger partial charge < -0.3 is 20.3 Å². The molecule has 10 heteroatoms. The molecule has 1 aromatic rings. The van der Waals surface area contributed by atoms with E-state index in [-0.39, 0.29) is 37.7 Å². The molecule has 1 aromatic heterocycles. The number of aromatic nitrogens is 1. The number of anilines is 2. The molecule has 2 fully saturated rings. The molecule has 0 spiro atoms. The lowest BCUT2D eigenvalue weighted by atomic mass is 9.86. The van der Waals surface area contributed by atoms with Gasteiger partial charge in [-0.05, 0) is 77.3 Å². The number of pyridine rings is 1. The molecule has 2 aliphatic rings. The Morgan fingerprint density at radius 3 is 2.27 bits per heavy atom. The van der Waals surface area contributed by atoms with Crippen molar-refractivity contribution in [3.63, 3.8) is 0 Å². The molecule has 0 bridgehead atoms. The van der Waals surface area contributed by atoms with Crippen LogP contribution in [0.5, 0.6) is 0 Å². The van der Waals surface area contributed by atoms with Gasteiger partial charge in [0.1, 0.15) is 11.4 Å². The van der Waals surface area contributed by atoms with Crippen LogP contribution in [0.25, 0.3) is 0 Å². The Morgan fingerprint density at radius 1 is 1.09 bits per heavy atom. The van der Waals surface area contributed by atoms with Crippen molar-refractivity contribution in [1.82, 2.24) is 10.3 Å². The molecule has 6 nitrogen and oxygen atoms in total. The Labute approximate surface area is 192 Å². The lowest BCUT2D eigenvalue weighted by Crippen LogP contribution is -2.41. The van der Waals surface area contributed by atoms with E-state index in [2.05, 4.69) is 15.6 Å². The molecular weight excluding hydrogens is 440 g/mol. The first kappa shape index (κ1) is 25.4. The fourth-order valence-corrected chi connectivity index (χ4v) is 4.41. The summed E-state index contributed by atoms with van der Waals surface area (Å²) in [5.74, 6) is -1.23. The predicted molar refractivity (Wildman–Crippen MR) is 119 cm³/mol. The van der Waals surface area contributed by atoms with E-state index in [1.807, 2.05) is 20.8 Å². The molecule has 0 radical (unpaired) electrons. The van der Waals surface area contributed by atoms with Gasteiger partial charge >= 0.3 is 12.3 Å². The normalized spacial score (nSPS) is 22.7. The zero-order valence-electron chi connectivity index (χ0n) is 19.5. The summed E-state index contributed by atoms with van der Waals surface area (Å²) in [6, 6.07) is 3.33. The van der Waals surface area contributed by atoms with E-state index in [4.69, 9.17) is 4.74 Å². The van der Waals surface area contributed by atoms with Gasteiger partial charge in [0.2, 0.25) is 5.95 Å². The SMILES string of the molecule is CC(C)(C)OC(=O)NC1CCC(CNc2ccc(N3CCC(C(F)(F)F)CC3)nc2F)CC1. The zero-order valence-corrected chi connectivity index (χ0v) is 19.5. The molecule has 0 atom stereocenters. The fraction of sp³-hybridized carbons (Fsp3) is 0.739. The summed E-state index contributed by atoms with van der Waals surface area (Å²) >= 11 is 0. The summed E-state index contributed by atoms with van der Waals surface area (Å²) in [6.45, 7) is 6.49. The number of ether oxygens (including phenoxy) is 1. The van der Waals surface area contributed by atoms with Crippen molar-refractivity contribution in [3.05, 3.63) is 18.1 Å². The molecule has 1 saturated carbocycles. The second-order valence-corrected chi connectivity index (χ2v) is 10.1. The van der Waals surface area contributed by atoms with E-state index in [0.717, 1.165) is 25.7 Å². The summed E-state index contributed by atoms with van der Waals surface area (Å²) in [5.41, 5.74) is -0.240. The maximum atomic E-state index is 14.5. The second-order valence-electron chi connectivity index (χ2n) is 10.1. The summed E-state index contributed by atoms with van der Waals surface area (Å²) in [6.07, 6.45) is -1.12. The first-order valence-electron chi connectivity index (χ1n) is 11.6. The number of alkyl halides is 3. The Bertz CT molecular complexity index is 797. The molecule has 0 unspecified atom stereocenters. The number of halogens is 4. The van der Waals surface area contributed by atoms with E-state index in [9.17, 15) is 22.4 Å². The van der Waals surface area contributed by atoms with Crippen molar-refractivity contribution in [3.8, 4) is 0 Å². The van der Waals surface area contributed by atoms with E-state index >= 15 is 0 Å². The van der Waals surface area contributed by atoms with Crippen LogP contribution in [0.1, 0.15) is 59.3 Å². The number of piperidine rings is 1. The van der Waals surface area contributed by atoms with Crippen molar-refractivity contribution < 1.29 is 27.1 Å². The number of hydrogen-bond acceptors (Lipinski definition) is 5. The van der Waals surface area contributed by atoms with Crippen LogP contribution in [-0.2, 0) is 4.74 Å². The van der Waals surface area contributed by atoms with Crippen LogP contribution in [0, 0.1) is 17.8 Å². The first-order valence-corrected chi connectivity index (χ1v) is 11.6. The number of rotatable bonds is 5. The minimum absolute atomic E-state index is 0.00173. The van der Waals surface area contributed by atoms with Gasteiger partial charge in [0, 0.05) is 25.7 Å². The van der Waals surface area contributed by atoms with Crippen LogP contribution in [0.15, 0.2) is 12.1 Å². The smallest absolute Gasteiger partial charge is 0.407 e. The quantitative estimate of drug-likeness (QED) is 0.436. The Balaban J connectivity index is 1.42. The van der Waals surface area contributed by atoms with Crippen LogP contribution in [0.2, 0.25) is 0 Å². The van der Waals surface area contributed by atoms with Crippen molar-refractivity contribution in [2.45, 2.75) is 77.1 Å². The Kier molecular flexibility index (Phi) is 7.95. The van der Waals surface area contributed by atoms with E-state index in [1.165, 1.54) is 0 Å². The maximum absolute atomic E-state index is 14.5. The number of carbonyl (C=O) groups excluding carboxylic acids is 1. The van der Waals surface area contributed by atoms with Crippen LogP contribution in [0.3, 0.4) is 0 Å². The van der Waals surface area contributed by atoms with Crippen molar-refractivity contribution >= 4 is 17.6 Å². The molecule has 3 rings (SSSR count). The largest absolute Gasteiger partial charge is 0.444 e. The van der Waals surface area contributed by atoms with Crippen LogP contribution in [-0.4, -0.2) is 48.5 Å². The van der Waals surface area contributed by atoms with Gasteiger partial charge in [0.05, 0.1) is 11.6 Å². The van der Waals surface area contributed by atoms with Crippen LogP contribution in [0.4, 0.5) is 33.9 Å². The minimum atomic E-state index is -4.18. The van der Waals surface area contributed by atoms with E-state index in [1.54, 1.807) is 17.0 Å². The lowest BCUT2D eigenvalue weighted by molar-refractivity contribution is -0.179. The molecule has 1 aliphatic heterocycles. The lowest BCUT2D eigenvalue weighted by Gasteiger charge is -2.33. The molecular formula is C23H34F4N4O2. The van der Waals surface area contributed by atoms with Crippen LogP contribution >= 0.6 is 0 Å². The number of amides is 1. The molecule has 1 aliphatic carbocycles. The highest BCUT2D eigenvalue weighted by Crippen LogP contribution is 2.35. The van der Waals surface area contributed by atoms with Gasteiger partial charge in [-0.25, -0.2) is 9.78 Å². The number of nitrogens with one attached hydrogen (secondary N) is 2. The third kappa shape index (κ3) is 7.64. The molecule has 2 N–H and O–H groups in total. The third-order valence-corrected chi connectivity index (χ3v) is 6.26. The van der Waals surface area contributed by atoms with Gasteiger partial charge in [0.25, 0.3) is 0 Å². The summed E-state index contributed by atoms with van der Waals surface area (Å²) in [7, 11) is 0. The number of hydrogen-bond donors (Lipinski definition) is 2. The van der Waals surface area contributed by atoms with Gasteiger partial charge in [-0.1, -0.05) is 0 Å². The zero-order chi connectivity index (χ0) is 24.2.